The number of pyridine rings is 2. The summed E-state index contributed by atoms with van der Waals surface area (Å²) in [6, 6.07) is 8.09. The lowest BCUT2D eigenvalue weighted by Crippen LogP contribution is -2.38. The number of H-pyrrole nitrogens is 1. The highest BCUT2D eigenvalue weighted by Crippen LogP contribution is 2.37. The summed E-state index contributed by atoms with van der Waals surface area (Å²) in [4.78, 5) is 27.2. The summed E-state index contributed by atoms with van der Waals surface area (Å²) in [7, 11) is 1.76. The molecule has 0 atom stereocenters. The molecule has 1 aliphatic rings. The van der Waals surface area contributed by atoms with Crippen molar-refractivity contribution >= 4 is 27.6 Å². The lowest BCUT2D eigenvalue weighted by atomic mass is 9.83. The van der Waals surface area contributed by atoms with Crippen molar-refractivity contribution in [1.82, 2.24) is 24.4 Å². The van der Waals surface area contributed by atoms with E-state index in [9.17, 15) is 4.79 Å². The van der Waals surface area contributed by atoms with Gasteiger partial charge in [0.05, 0.1) is 35.0 Å². The van der Waals surface area contributed by atoms with Crippen molar-refractivity contribution in [2.75, 3.05) is 38.1 Å². The highest BCUT2D eigenvalue weighted by Gasteiger charge is 2.24. The normalized spacial score (nSPS) is 15.8. The van der Waals surface area contributed by atoms with Crippen LogP contribution >= 0.6 is 0 Å². The molecular weight excluding hydrogens is 476 g/mol. The van der Waals surface area contributed by atoms with Crippen LogP contribution in [0.5, 0.6) is 5.88 Å². The second kappa shape index (κ2) is 11.2. The Morgan fingerprint density at radius 3 is 2.63 bits per heavy atom. The summed E-state index contributed by atoms with van der Waals surface area (Å²) in [5.41, 5.74) is 5.75. The molecule has 0 saturated carbocycles. The van der Waals surface area contributed by atoms with E-state index < -0.39 is 0 Å². The van der Waals surface area contributed by atoms with Crippen molar-refractivity contribution in [3.05, 3.63) is 47.1 Å². The number of aromatic nitrogens is 4. The highest BCUT2D eigenvalue weighted by molar-refractivity contribution is 6.12. The highest BCUT2D eigenvalue weighted by atomic mass is 16.5. The maximum Gasteiger partial charge on any atom is 0.326 e. The van der Waals surface area contributed by atoms with Gasteiger partial charge in [0, 0.05) is 48.9 Å². The Morgan fingerprint density at radius 1 is 1.08 bits per heavy atom. The number of piperidine rings is 1. The van der Waals surface area contributed by atoms with Crippen LogP contribution in [0.1, 0.15) is 52.9 Å². The summed E-state index contributed by atoms with van der Waals surface area (Å²) < 4.78 is 7.58. The van der Waals surface area contributed by atoms with Crippen molar-refractivity contribution < 1.29 is 4.74 Å². The average molecular weight is 517 g/mol. The Hall–Kier alpha value is -3.39. The van der Waals surface area contributed by atoms with E-state index in [4.69, 9.17) is 4.74 Å². The van der Waals surface area contributed by atoms with Gasteiger partial charge in [0.15, 0.2) is 0 Å². The fourth-order valence-corrected chi connectivity index (χ4v) is 5.24. The largest absolute Gasteiger partial charge is 0.478 e. The molecule has 1 fully saturated rings. The van der Waals surface area contributed by atoms with Crippen LogP contribution in [0, 0.1) is 5.41 Å². The number of aromatic amines is 1. The van der Waals surface area contributed by atoms with E-state index in [1.807, 2.05) is 18.3 Å². The zero-order chi connectivity index (χ0) is 26.7. The van der Waals surface area contributed by atoms with Gasteiger partial charge in [0.2, 0.25) is 5.88 Å². The summed E-state index contributed by atoms with van der Waals surface area (Å²) in [6.07, 6.45) is 9.29. The average Bonchev–Trinajstić information content (AvgIpc) is 3.21. The first-order valence-electron chi connectivity index (χ1n) is 13.9. The third kappa shape index (κ3) is 5.55. The van der Waals surface area contributed by atoms with Gasteiger partial charge >= 0.3 is 5.69 Å². The molecule has 0 unspecified atom stereocenters. The lowest BCUT2D eigenvalue weighted by molar-refractivity contribution is 0.125. The first kappa shape index (κ1) is 26.2. The summed E-state index contributed by atoms with van der Waals surface area (Å²) in [6.45, 7) is 11.8. The van der Waals surface area contributed by atoms with Gasteiger partial charge in [-0.25, -0.2) is 9.78 Å². The van der Waals surface area contributed by atoms with E-state index in [1.165, 1.54) is 25.9 Å². The van der Waals surface area contributed by atoms with E-state index in [1.54, 1.807) is 17.8 Å². The number of hydrogen-bond donors (Lipinski definition) is 2. The molecule has 4 aromatic rings. The summed E-state index contributed by atoms with van der Waals surface area (Å²) >= 11 is 0. The second-order valence-electron chi connectivity index (χ2n) is 11.3. The van der Waals surface area contributed by atoms with E-state index in [2.05, 4.69) is 58.1 Å². The van der Waals surface area contributed by atoms with Crippen molar-refractivity contribution in [1.29, 1.82) is 0 Å². The van der Waals surface area contributed by atoms with Crippen molar-refractivity contribution in [2.45, 2.75) is 52.9 Å². The van der Waals surface area contributed by atoms with Gasteiger partial charge in [-0.1, -0.05) is 33.3 Å². The fraction of sp³-hybridized carbons (Fsp3) is 0.500. The third-order valence-corrected chi connectivity index (χ3v) is 7.87. The van der Waals surface area contributed by atoms with Gasteiger partial charge in [-0.3, -0.25) is 9.55 Å². The van der Waals surface area contributed by atoms with Crippen LogP contribution in [-0.2, 0) is 7.05 Å². The standard InChI is InChI=1S/C30H40N6O2/c1-5-6-14-31-27-22(9-10-23-26(27)28-24(20-32-23)35(4)29(37)34-28)21-8-11-25(33-19-21)38-18-7-15-36-16-12-30(2,3)13-17-36/h8-11,19-20,31H,5-7,12-18H2,1-4H3,(H,34,37). The Kier molecular flexibility index (Phi) is 7.70. The molecule has 0 radical (unpaired) electrons. The molecule has 8 heteroatoms. The Labute approximate surface area is 224 Å². The number of fused-ring (bicyclic) bond motifs is 3. The minimum Gasteiger partial charge on any atom is -0.478 e. The first-order chi connectivity index (χ1) is 18.4. The Bertz CT molecular complexity index is 1440. The Balaban J connectivity index is 1.34. The topological polar surface area (TPSA) is 88.1 Å². The van der Waals surface area contributed by atoms with Gasteiger partial charge < -0.3 is 19.9 Å². The smallest absolute Gasteiger partial charge is 0.326 e. The maximum atomic E-state index is 12.4. The number of aryl methyl sites for hydroxylation is 1. The van der Waals surface area contributed by atoms with Crippen LogP contribution in [0.2, 0.25) is 0 Å². The van der Waals surface area contributed by atoms with Gasteiger partial charge in [-0.15, -0.1) is 0 Å². The molecule has 5 rings (SSSR count). The van der Waals surface area contributed by atoms with Gasteiger partial charge in [0.1, 0.15) is 0 Å². The van der Waals surface area contributed by atoms with Crippen LogP contribution in [-0.4, -0.2) is 57.2 Å². The molecular formula is C30H40N6O2. The number of anilines is 1. The quantitative estimate of drug-likeness (QED) is 0.268. The number of unbranched alkanes of at least 4 members (excludes halogenated alkanes) is 1. The van der Waals surface area contributed by atoms with Crippen LogP contribution < -0.4 is 15.7 Å². The van der Waals surface area contributed by atoms with Crippen LogP contribution in [0.3, 0.4) is 0 Å². The molecule has 38 heavy (non-hydrogen) atoms. The third-order valence-electron chi connectivity index (χ3n) is 7.87. The molecule has 0 bridgehead atoms. The number of rotatable bonds is 10. The van der Waals surface area contributed by atoms with E-state index in [0.29, 0.717) is 17.9 Å². The molecule has 0 aliphatic carbocycles. The lowest BCUT2D eigenvalue weighted by Gasteiger charge is -2.36. The predicted molar refractivity (Wildman–Crippen MR) is 155 cm³/mol. The van der Waals surface area contributed by atoms with Crippen molar-refractivity contribution in [2.24, 2.45) is 12.5 Å². The molecule has 1 aromatic carbocycles. The van der Waals surface area contributed by atoms with Crippen molar-refractivity contribution in [3.63, 3.8) is 0 Å². The Morgan fingerprint density at radius 2 is 1.89 bits per heavy atom. The number of nitrogens with zero attached hydrogens (tertiary/aromatic N) is 4. The molecule has 1 aliphatic heterocycles. The molecule has 0 amide bonds. The zero-order valence-corrected chi connectivity index (χ0v) is 23.1. The molecule has 0 spiro atoms. The zero-order valence-electron chi connectivity index (χ0n) is 23.1. The number of ether oxygens (including phenoxy) is 1. The molecule has 2 N–H and O–H groups in total. The van der Waals surface area contributed by atoms with Gasteiger partial charge in [-0.2, -0.15) is 0 Å². The minimum absolute atomic E-state index is 0.147. The molecule has 3 aromatic heterocycles. The van der Waals surface area contributed by atoms with Crippen LogP contribution in [0.25, 0.3) is 33.1 Å². The summed E-state index contributed by atoms with van der Waals surface area (Å²) in [5.74, 6) is 0.645. The molecule has 1 saturated heterocycles. The van der Waals surface area contributed by atoms with E-state index >= 15 is 0 Å². The van der Waals surface area contributed by atoms with Crippen molar-refractivity contribution in [3.8, 4) is 17.0 Å². The number of benzene rings is 1. The predicted octanol–water partition coefficient (Wildman–Crippen LogP) is 5.58. The first-order valence-corrected chi connectivity index (χ1v) is 13.9. The maximum absolute atomic E-state index is 12.4. The molecule has 4 heterocycles. The molecule has 202 valence electrons. The van der Waals surface area contributed by atoms with Gasteiger partial charge in [-0.05, 0) is 56.3 Å². The monoisotopic (exact) mass is 516 g/mol. The second-order valence-corrected chi connectivity index (χ2v) is 11.3. The van der Waals surface area contributed by atoms with Gasteiger partial charge in [0.25, 0.3) is 0 Å². The fourth-order valence-electron chi connectivity index (χ4n) is 5.24. The minimum atomic E-state index is -0.147. The summed E-state index contributed by atoms with van der Waals surface area (Å²) in [5, 5.41) is 4.56. The van der Waals surface area contributed by atoms with Crippen LogP contribution in [0.15, 0.2) is 41.5 Å². The van der Waals surface area contributed by atoms with Crippen LogP contribution in [0.4, 0.5) is 5.69 Å². The van der Waals surface area contributed by atoms with E-state index in [0.717, 1.165) is 71.1 Å². The number of hydrogen-bond acceptors (Lipinski definition) is 6. The SMILES string of the molecule is CCCCNc1c(-c2ccc(OCCCN3CCC(C)(C)CC3)nc2)ccc2ncc3c([nH]c(=O)n3C)c12. The molecule has 8 nitrogen and oxygen atoms in total. The number of likely N-dealkylation sites (tertiary alicyclic amines) is 1. The number of imidazole rings is 1. The number of nitrogens with one attached hydrogen (secondary N) is 2. The van der Waals surface area contributed by atoms with E-state index in [-0.39, 0.29) is 5.69 Å².